The molecule has 1 aliphatic carbocycles. The van der Waals surface area contributed by atoms with Crippen LogP contribution in [0.15, 0.2) is 24.3 Å². The molecule has 1 saturated carbocycles. The Balaban J connectivity index is 1.91. The third-order valence-corrected chi connectivity index (χ3v) is 3.79. The Labute approximate surface area is 121 Å². The molecule has 0 radical (unpaired) electrons. The molecule has 1 aromatic rings. The van der Waals surface area contributed by atoms with Gasteiger partial charge >= 0.3 is 0 Å². The Morgan fingerprint density at radius 3 is 2.60 bits per heavy atom. The molecular weight excluding hydrogens is 252 g/mol. The van der Waals surface area contributed by atoms with Crippen LogP contribution in [0, 0.1) is 5.92 Å². The van der Waals surface area contributed by atoms with Crippen molar-refractivity contribution in [2.75, 3.05) is 6.61 Å². The zero-order chi connectivity index (χ0) is 14.5. The number of para-hydroxylation sites is 1. The van der Waals surface area contributed by atoms with Crippen LogP contribution in [0.2, 0.25) is 0 Å². The van der Waals surface area contributed by atoms with E-state index in [-0.39, 0.29) is 6.10 Å². The van der Waals surface area contributed by atoms with E-state index in [9.17, 15) is 5.11 Å². The second kappa shape index (κ2) is 7.09. The zero-order valence-corrected chi connectivity index (χ0v) is 12.7. The van der Waals surface area contributed by atoms with Gasteiger partial charge < -0.3 is 14.6 Å². The van der Waals surface area contributed by atoms with Gasteiger partial charge in [0.2, 0.25) is 0 Å². The summed E-state index contributed by atoms with van der Waals surface area (Å²) in [6.45, 7) is 6.82. The van der Waals surface area contributed by atoms with Crippen LogP contribution in [0.3, 0.4) is 0 Å². The number of aliphatic hydroxyl groups excluding tert-OH is 1. The maximum absolute atomic E-state index is 10.4. The first kappa shape index (κ1) is 15.3. The van der Waals surface area contributed by atoms with Crippen molar-refractivity contribution in [3.8, 4) is 5.75 Å². The van der Waals surface area contributed by atoms with E-state index < -0.39 is 6.10 Å². The van der Waals surface area contributed by atoms with Crippen LogP contribution in [0.25, 0.3) is 0 Å². The predicted octanol–water partition coefficient (Wildman–Crippen LogP) is 3.71. The molecule has 20 heavy (non-hydrogen) atoms. The first-order valence-electron chi connectivity index (χ1n) is 7.65. The van der Waals surface area contributed by atoms with Crippen molar-refractivity contribution in [1.82, 2.24) is 0 Å². The first-order chi connectivity index (χ1) is 9.60. The molecule has 1 N–H and O–H groups in total. The minimum atomic E-state index is -0.447. The van der Waals surface area contributed by atoms with Crippen LogP contribution in [0.4, 0.5) is 0 Å². The minimum Gasteiger partial charge on any atom is -0.491 e. The quantitative estimate of drug-likeness (QED) is 0.826. The third kappa shape index (κ3) is 3.97. The molecule has 0 aliphatic heterocycles. The largest absolute Gasteiger partial charge is 0.491 e. The maximum atomic E-state index is 10.4. The van der Waals surface area contributed by atoms with E-state index >= 15 is 0 Å². The molecule has 1 atom stereocenters. The molecule has 0 heterocycles. The van der Waals surface area contributed by atoms with Crippen LogP contribution in [-0.4, -0.2) is 23.9 Å². The molecule has 1 aromatic carbocycles. The molecule has 0 aromatic heterocycles. The predicted molar refractivity (Wildman–Crippen MR) is 79.9 cm³/mol. The number of ether oxygens (including phenoxy) is 2. The lowest BCUT2D eigenvalue weighted by molar-refractivity contribution is -0.0382. The minimum absolute atomic E-state index is 0.120. The monoisotopic (exact) mass is 278 g/mol. The maximum Gasteiger partial charge on any atom is 0.125 e. The highest BCUT2D eigenvalue weighted by Gasteiger charge is 2.31. The van der Waals surface area contributed by atoms with Crippen LogP contribution < -0.4 is 4.74 Å². The molecule has 112 valence electrons. The van der Waals surface area contributed by atoms with Crippen molar-refractivity contribution in [2.45, 2.75) is 58.3 Å². The van der Waals surface area contributed by atoms with Gasteiger partial charge in [-0.15, -0.1) is 0 Å². The zero-order valence-electron chi connectivity index (χ0n) is 12.7. The Bertz CT molecular complexity index is 410. The van der Waals surface area contributed by atoms with E-state index in [2.05, 4.69) is 0 Å². The second-order valence-electron chi connectivity index (χ2n) is 5.87. The lowest BCUT2D eigenvalue weighted by Crippen LogP contribution is -2.32. The summed E-state index contributed by atoms with van der Waals surface area (Å²) in [6.07, 6.45) is 3.00. The lowest BCUT2D eigenvalue weighted by atomic mass is 9.78. The van der Waals surface area contributed by atoms with Gasteiger partial charge in [-0.3, -0.25) is 0 Å². The van der Waals surface area contributed by atoms with E-state index in [1.54, 1.807) is 0 Å². The van der Waals surface area contributed by atoms with Crippen molar-refractivity contribution >= 4 is 0 Å². The van der Waals surface area contributed by atoms with Gasteiger partial charge in [0, 0.05) is 12.2 Å². The van der Waals surface area contributed by atoms with Crippen molar-refractivity contribution in [3.05, 3.63) is 29.8 Å². The molecule has 1 unspecified atom stereocenters. The van der Waals surface area contributed by atoms with E-state index in [4.69, 9.17) is 9.47 Å². The van der Waals surface area contributed by atoms with Gasteiger partial charge in [-0.25, -0.2) is 0 Å². The highest BCUT2D eigenvalue weighted by Crippen LogP contribution is 2.38. The van der Waals surface area contributed by atoms with Gasteiger partial charge in [0.25, 0.3) is 0 Å². The van der Waals surface area contributed by atoms with Crippen molar-refractivity contribution in [3.63, 3.8) is 0 Å². The summed E-state index contributed by atoms with van der Waals surface area (Å²) in [5.41, 5.74) is 0.904. The van der Waals surface area contributed by atoms with Gasteiger partial charge in [-0.2, -0.15) is 0 Å². The van der Waals surface area contributed by atoms with E-state index in [1.807, 2.05) is 45.0 Å². The molecule has 3 nitrogen and oxygen atoms in total. The molecule has 2 rings (SSSR count). The summed E-state index contributed by atoms with van der Waals surface area (Å²) in [5.74, 6) is 1.37. The molecule has 0 bridgehead atoms. The van der Waals surface area contributed by atoms with Crippen LogP contribution in [0.5, 0.6) is 5.75 Å². The summed E-state index contributed by atoms with van der Waals surface area (Å²) >= 11 is 0. The first-order valence-corrected chi connectivity index (χ1v) is 7.65. The Morgan fingerprint density at radius 1 is 1.25 bits per heavy atom. The lowest BCUT2D eigenvalue weighted by Gasteiger charge is -2.36. The number of hydrogen-bond donors (Lipinski definition) is 1. The average molecular weight is 278 g/mol. The number of aliphatic hydroxyl groups is 1. The second-order valence-corrected chi connectivity index (χ2v) is 5.87. The van der Waals surface area contributed by atoms with Gasteiger partial charge in [0.05, 0.1) is 18.3 Å². The molecular formula is C17H26O3. The standard InChI is InChI=1S/C17H26O3/c1-4-19-14-9-13(10-14)11-16(18)15-7-5-6-8-17(15)20-12(2)3/h5-8,12-14,16,18H,4,9-11H2,1-3H3. The highest BCUT2D eigenvalue weighted by atomic mass is 16.5. The van der Waals surface area contributed by atoms with Crippen LogP contribution in [0.1, 0.15) is 51.7 Å². The topological polar surface area (TPSA) is 38.7 Å². The van der Waals surface area contributed by atoms with Crippen LogP contribution in [-0.2, 0) is 4.74 Å². The Morgan fingerprint density at radius 2 is 1.95 bits per heavy atom. The SMILES string of the molecule is CCOC1CC(CC(O)c2ccccc2OC(C)C)C1. The average Bonchev–Trinajstić information content (AvgIpc) is 2.36. The van der Waals surface area contributed by atoms with E-state index in [0.29, 0.717) is 12.0 Å². The highest BCUT2D eigenvalue weighted by molar-refractivity contribution is 5.35. The van der Waals surface area contributed by atoms with Crippen molar-refractivity contribution < 1.29 is 14.6 Å². The molecule has 0 spiro atoms. The Kier molecular flexibility index (Phi) is 5.44. The summed E-state index contributed by atoms with van der Waals surface area (Å²) in [5, 5.41) is 10.4. The summed E-state index contributed by atoms with van der Waals surface area (Å²) in [6, 6.07) is 7.79. The van der Waals surface area contributed by atoms with Gasteiger partial charge in [0.1, 0.15) is 5.75 Å². The molecule has 1 aliphatic rings. The summed E-state index contributed by atoms with van der Waals surface area (Å²) in [7, 11) is 0. The van der Waals surface area contributed by atoms with E-state index in [0.717, 1.165) is 37.2 Å². The number of hydrogen-bond acceptors (Lipinski definition) is 3. The van der Waals surface area contributed by atoms with Crippen molar-refractivity contribution in [2.24, 2.45) is 5.92 Å². The normalized spacial score (nSPS) is 23.4. The molecule has 0 saturated heterocycles. The van der Waals surface area contributed by atoms with Gasteiger partial charge in [-0.1, -0.05) is 18.2 Å². The fraction of sp³-hybridized carbons (Fsp3) is 0.647. The van der Waals surface area contributed by atoms with Crippen LogP contribution >= 0.6 is 0 Å². The molecule has 1 fully saturated rings. The smallest absolute Gasteiger partial charge is 0.125 e. The summed E-state index contributed by atoms with van der Waals surface area (Å²) < 4.78 is 11.3. The fourth-order valence-corrected chi connectivity index (χ4v) is 2.80. The number of benzene rings is 1. The molecule has 3 heteroatoms. The van der Waals surface area contributed by atoms with Gasteiger partial charge in [0.15, 0.2) is 0 Å². The van der Waals surface area contributed by atoms with Crippen molar-refractivity contribution in [1.29, 1.82) is 0 Å². The molecule has 0 amide bonds. The fourth-order valence-electron chi connectivity index (χ4n) is 2.80. The summed E-state index contributed by atoms with van der Waals surface area (Å²) in [4.78, 5) is 0. The van der Waals surface area contributed by atoms with Gasteiger partial charge in [-0.05, 0) is 52.0 Å². The number of rotatable bonds is 7. The third-order valence-electron chi connectivity index (χ3n) is 3.79. The van der Waals surface area contributed by atoms with E-state index in [1.165, 1.54) is 0 Å². The Hall–Kier alpha value is -1.06.